The van der Waals surface area contributed by atoms with E-state index < -0.39 is 11.4 Å². The minimum absolute atomic E-state index is 0.0537. The monoisotopic (exact) mass is 403 g/mol. The summed E-state index contributed by atoms with van der Waals surface area (Å²) in [5, 5.41) is 3.33. The van der Waals surface area contributed by atoms with E-state index in [0.29, 0.717) is 22.0 Å². The highest BCUT2D eigenvalue weighted by Gasteiger charge is 2.16. The first kappa shape index (κ1) is 19.6. The lowest BCUT2D eigenvalue weighted by Crippen LogP contribution is -2.43. The molecule has 9 heteroatoms. The van der Waals surface area contributed by atoms with E-state index in [4.69, 9.17) is 17.3 Å². The Morgan fingerprint density at radius 2 is 1.86 bits per heavy atom. The fourth-order valence-corrected chi connectivity index (χ4v) is 2.83. The third-order valence-corrected chi connectivity index (χ3v) is 4.47. The zero-order chi connectivity index (χ0) is 20.4. The van der Waals surface area contributed by atoms with Gasteiger partial charge in [-0.05, 0) is 49.7 Å². The number of nitrogens with one attached hydrogen (secondary N) is 1. The van der Waals surface area contributed by atoms with Crippen molar-refractivity contribution in [1.29, 1.82) is 0 Å². The van der Waals surface area contributed by atoms with E-state index in [1.165, 1.54) is 16.7 Å². The first-order valence-electron chi connectivity index (χ1n) is 8.56. The zero-order valence-electron chi connectivity index (χ0n) is 15.3. The molecule has 1 aromatic heterocycles. The molecular weight excluding hydrogens is 385 g/mol. The Morgan fingerprint density at radius 1 is 1.18 bits per heavy atom. The van der Waals surface area contributed by atoms with Crippen LogP contribution in [0.5, 0.6) is 0 Å². The standard InChI is InChI=1S/C19H19ClFN5O2/c1-11(2)26-18(27)24-17(23-14-7-8-15(20)16(22)9-14)25(19(26)28)10-12-3-5-13(21)6-4-12/h3-9,11H,10,22H2,1-2H3,(H,23,24,27). The van der Waals surface area contributed by atoms with Gasteiger partial charge in [-0.2, -0.15) is 4.98 Å². The Bertz CT molecular complexity index is 1120. The van der Waals surface area contributed by atoms with E-state index in [-0.39, 0.29) is 24.4 Å². The molecule has 3 N–H and O–H groups in total. The van der Waals surface area contributed by atoms with Crippen molar-refractivity contribution in [1.82, 2.24) is 14.1 Å². The summed E-state index contributed by atoms with van der Waals surface area (Å²) in [5.41, 5.74) is 6.16. The highest BCUT2D eigenvalue weighted by Crippen LogP contribution is 2.24. The van der Waals surface area contributed by atoms with Crippen molar-refractivity contribution in [2.75, 3.05) is 11.1 Å². The molecule has 146 valence electrons. The lowest BCUT2D eigenvalue weighted by Gasteiger charge is -2.17. The molecular formula is C19H19ClFN5O2. The molecule has 0 aliphatic rings. The second-order valence-electron chi connectivity index (χ2n) is 6.54. The summed E-state index contributed by atoms with van der Waals surface area (Å²) >= 11 is 5.93. The van der Waals surface area contributed by atoms with Crippen LogP contribution in [0.15, 0.2) is 52.1 Å². The molecule has 0 saturated heterocycles. The molecule has 0 aliphatic carbocycles. The molecule has 0 bridgehead atoms. The fraction of sp³-hybridized carbons (Fsp3) is 0.211. The number of hydrogen-bond acceptors (Lipinski definition) is 5. The van der Waals surface area contributed by atoms with Gasteiger partial charge >= 0.3 is 11.4 Å². The van der Waals surface area contributed by atoms with Crippen LogP contribution in [0.4, 0.5) is 21.7 Å². The molecule has 0 amide bonds. The van der Waals surface area contributed by atoms with Crippen molar-refractivity contribution in [3.8, 4) is 0 Å². The smallest absolute Gasteiger partial charge is 0.355 e. The van der Waals surface area contributed by atoms with E-state index in [2.05, 4.69) is 10.3 Å². The van der Waals surface area contributed by atoms with Gasteiger partial charge in [-0.3, -0.25) is 4.57 Å². The molecule has 1 heterocycles. The summed E-state index contributed by atoms with van der Waals surface area (Å²) in [4.78, 5) is 29.4. The maximum Gasteiger partial charge on any atom is 0.355 e. The third kappa shape index (κ3) is 4.07. The van der Waals surface area contributed by atoms with E-state index in [1.54, 1.807) is 44.2 Å². The normalized spacial score (nSPS) is 11.0. The molecule has 0 aliphatic heterocycles. The summed E-state index contributed by atoms with van der Waals surface area (Å²) in [6, 6.07) is 10.2. The molecule has 0 unspecified atom stereocenters. The van der Waals surface area contributed by atoms with Crippen LogP contribution in [-0.2, 0) is 6.54 Å². The van der Waals surface area contributed by atoms with Crippen molar-refractivity contribution >= 4 is 28.9 Å². The van der Waals surface area contributed by atoms with E-state index in [1.807, 2.05) is 0 Å². The van der Waals surface area contributed by atoms with Gasteiger partial charge in [0.05, 0.1) is 17.3 Å². The van der Waals surface area contributed by atoms with Gasteiger partial charge in [0.25, 0.3) is 0 Å². The Labute approximate surface area is 165 Å². The van der Waals surface area contributed by atoms with Gasteiger partial charge in [0, 0.05) is 11.7 Å². The first-order chi connectivity index (χ1) is 13.3. The highest BCUT2D eigenvalue weighted by atomic mass is 35.5. The summed E-state index contributed by atoms with van der Waals surface area (Å²) in [7, 11) is 0. The summed E-state index contributed by atoms with van der Waals surface area (Å²) in [6.45, 7) is 3.55. The maximum absolute atomic E-state index is 13.2. The van der Waals surface area contributed by atoms with E-state index >= 15 is 0 Å². The average molecular weight is 404 g/mol. The van der Waals surface area contributed by atoms with E-state index in [9.17, 15) is 14.0 Å². The Morgan fingerprint density at radius 3 is 2.46 bits per heavy atom. The second-order valence-corrected chi connectivity index (χ2v) is 6.95. The minimum Gasteiger partial charge on any atom is -0.397 e. The van der Waals surface area contributed by atoms with Crippen LogP contribution in [0.25, 0.3) is 0 Å². The van der Waals surface area contributed by atoms with Crippen LogP contribution in [0.3, 0.4) is 0 Å². The molecule has 0 atom stereocenters. The third-order valence-electron chi connectivity index (χ3n) is 4.12. The molecule has 3 rings (SSSR count). The fourth-order valence-electron chi connectivity index (χ4n) is 2.71. The van der Waals surface area contributed by atoms with Crippen LogP contribution < -0.4 is 22.4 Å². The number of benzene rings is 2. The quantitative estimate of drug-likeness (QED) is 0.638. The van der Waals surface area contributed by atoms with Crippen LogP contribution in [0.1, 0.15) is 25.5 Å². The lowest BCUT2D eigenvalue weighted by atomic mass is 10.2. The predicted octanol–water partition coefficient (Wildman–Crippen LogP) is 3.15. The van der Waals surface area contributed by atoms with Crippen molar-refractivity contribution in [3.05, 3.63) is 79.8 Å². The molecule has 0 spiro atoms. The van der Waals surface area contributed by atoms with Crippen molar-refractivity contribution in [2.24, 2.45) is 0 Å². The lowest BCUT2D eigenvalue weighted by molar-refractivity contribution is 0.497. The number of nitrogens with zero attached hydrogens (tertiary/aromatic N) is 3. The van der Waals surface area contributed by atoms with Gasteiger partial charge in [0.1, 0.15) is 5.82 Å². The number of rotatable bonds is 5. The highest BCUT2D eigenvalue weighted by molar-refractivity contribution is 6.33. The van der Waals surface area contributed by atoms with Gasteiger partial charge < -0.3 is 11.1 Å². The van der Waals surface area contributed by atoms with Crippen LogP contribution in [-0.4, -0.2) is 14.1 Å². The molecule has 0 fully saturated rings. The summed E-state index contributed by atoms with van der Waals surface area (Å²) in [5.74, 6) is -0.325. The number of nitrogens with two attached hydrogens (primary N) is 1. The molecule has 28 heavy (non-hydrogen) atoms. The Balaban J connectivity index is 2.11. The summed E-state index contributed by atoms with van der Waals surface area (Å²) < 4.78 is 15.6. The molecule has 2 aromatic carbocycles. The minimum atomic E-state index is -0.667. The number of hydrogen-bond donors (Lipinski definition) is 2. The van der Waals surface area contributed by atoms with E-state index in [0.717, 1.165) is 4.57 Å². The van der Waals surface area contributed by atoms with Crippen LogP contribution in [0, 0.1) is 5.82 Å². The van der Waals surface area contributed by atoms with Crippen LogP contribution >= 0.6 is 11.6 Å². The molecule has 3 aromatic rings. The number of nitrogen functional groups attached to an aromatic ring is 1. The SMILES string of the molecule is CC(C)n1c(=O)nc(Nc2ccc(Cl)c(N)c2)n(Cc2ccc(F)cc2)c1=O. The zero-order valence-corrected chi connectivity index (χ0v) is 16.1. The Kier molecular flexibility index (Phi) is 5.51. The van der Waals surface area contributed by atoms with Crippen molar-refractivity contribution < 1.29 is 4.39 Å². The molecule has 0 saturated carbocycles. The van der Waals surface area contributed by atoms with Crippen LogP contribution in [0.2, 0.25) is 5.02 Å². The summed E-state index contributed by atoms with van der Waals surface area (Å²) in [6.07, 6.45) is 0. The first-order valence-corrected chi connectivity index (χ1v) is 8.94. The van der Waals surface area contributed by atoms with Gasteiger partial charge in [-0.1, -0.05) is 23.7 Å². The van der Waals surface area contributed by atoms with Crippen molar-refractivity contribution in [2.45, 2.75) is 26.4 Å². The second kappa shape index (κ2) is 7.85. The number of aromatic nitrogens is 3. The maximum atomic E-state index is 13.2. The van der Waals surface area contributed by atoms with Gasteiger partial charge in [-0.25, -0.2) is 18.5 Å². The largest absolute Gasteiger partial charge is 0.397 e. The topological polar surface area (TPSA) is 94.9 Å². The Hall–Kier alpha value is -3.13. The predicted molar refractivity (Wildman–Crippen MR) is 108 cm³/mol. The van der Waals surface area contributed by atoms with Gasteiger partial charge in [-0.15, -0.1) is 0 Å². The average Bonchev–Trinajstić information content (AvgIpc) is 2.62. The molecule has 0 radical (unpaired) electrons. The van der Waals surface area contributed by atoms with Gasteiger partial charge in [0.15, 0.2) is 0 Å². The number of halogens is 2. The van der Waals surface area contributed by atoms with Gasteiger partial charge in [0.2, 0.25) is 5.95 Å². The van der Waals surface area contributed by atoms with Crippen molar-refractivity contribution in [3.63, 3.8) is 0 Å². The number of anilines is 3. The molecule has 7 nitrogen and oxygen atoms in total.